The summed E-state index contributed by atoms with van der Waals surface area (Å²) in [5.41, 5.74) is 1.82. The predicted molar refractivity (Wildman–Crippen MR) is 151 cm³/mol. The van der Waals surface area contributed by atoms with Crippen LogP contribution in [-0.2, 0) is 11.2 Å². The maximum Gasteiger partial charge on any atom is 0.267 e. The molecule has 8 nitrogen and oxygen atoms in total. The minimum Gasteiger partial charge on any atom is -0.493 e. The number of hydrogen-bond donors (Lipinski definition) is 0. The number of hydrogen-bond acceptors (Lipinski definition) is 8. The summed E-state index contributed by atoms with van der Waals surface area (Å²) in [4.78, 5) is 35.9. The molecule has 2 fully saturated rings. The SMILES string of the molecule is COc1ccc(CCN2C(=O)/C(=C/c3c(N4CCCCC4)nc4ccccn4c3=O)SC2=S)cc1OC. The van der Waals surface area contributed by atoms with Crippen molar-refractivity contribution in [1.82, 2.24) is 14.3 Å². The first-order valence-electron chi connectivity index (χ1n) is 12.2. The van der Waals surface area contributed by atoms with Gasteiger partial charge in [-0.1, -0.05) is 36.1 Å². The molecule has 0 atom stereocenters. The highest BCUT2D eigenvalue weighted by molar-refractivity contribution is 8.26. The lowest BCUT2D eigenvalue weighted by molar-refractivity contribution is -0.122. The van der Waals surface area contributed by atoms with Crippen molar-refractivity contribution in [2.75, 3.05) is 38.8 Å². The van der Waals surface area contributed by atoms with Crippen molar-refractivity contribution in [2.45, 2.75) is 25.7 Å². The Bertz CT molecular complexity index is 1450. The first-order chi connectivity index (χ1) is 18.0. The van der Waals surface area contributed by atoms with Crippen LogP contribution < -0.4 is 19.9 Å². The second-order valence-electron chi connectivity index (χ2n) is 8.90. The molecule has 2 aliphatic rings. The molecule has 2 aliphatic heterocycles. The summed E-state index contributed by atoms with van der Waals surface area (Å²) in [6.45, 7) is 2.09. The van der Waals surface area contributed by atoms with Gasteiger partial charge in [-0.25, -0.2) is 4.98 Å². The molecule has 2 saturated heterocycles. The average molecular weight is 537 g/mol. The van der Waals surface area contributed by atoms with Crippen LogP contribution in [0.4, 0.5) is 5.82 Å². The molecule has 0 saturated carbocycles. The van der Waals surface area contributed by atoms with E-state index in [0.29, 0.717) is 50.7 Å². The van der Waals surface area contributed by atoms with Crippen LogP contribution in [0.25, 0.3) is 11.7 Å². The minimum absolute atomic E-state index is 0.193. The Morgan fingerprint density at radius 2 is 1.84 bits per heavy atom. The van der Waals surface area contributed by atoms with Gasteiger partial charge in [-0.3, -0.25) is 18.9 Å². The Balaban J connectivity index is 1.44. The molecule has 192 valence electrons. The van der Waals surface area contributed by atoms with E-state index < -0.39 is 0 Å². The minimum atomic E-state index is -0.197. The first-order valence-corrected chi connectivity index (χ1v) is 13.4. The van der Waals surface area contributed by atoms with Gasteiger partial charge in [0.15, 0.2) is 11.5 Å². The molecule has 1 amide bonds. The quantitative estimate of drug-likeness (QED) is 0.329. The molecule has 0 radical (unpaired) electrons. The molecule has 0 bridgehead atoms. The van der Waals surface area contributed by atoms with Gasteiger partial charge in [0.05, 0.1) is 24.7 Å². The van der Waals surface area contributed by atoms with Crippen LogP contribution in [0.5, 0.6) is 11.5 Å². The Kier molecular flexibility index (Phi) is 7.48. The number of amides is 1. The third-order valence-corrected chi connectivity index (χ3v) is 8.00. The zero-order valence-electron chi connectivity index (χ0n) is 20.8. The van der Waals surface area contributed by atoms with Crippen LogP contribution in [0.3, 0.4) is 0 Å². The molecule has 5 rings (SSSR count). The number of ether oxygens (including phenoxy) is 2. The molecule has 4 heterocycles. The van der Waals surface area contributed by atoms with Crippen LogP contribution in [-0.4, -0.2) is 58.4 Å². The highest BCUT2D eigenvalue weighted by Crippen LogP contribution is 2.34. The number of aromatic nitrogens is 2. The van der Waals surface area contributed by atoms with Crippen molar-refractivity contribution in [3.8, 4) is 11.5 Å². The van der Waals surface area contributed by atoms with E-state index in [-0.39, 0.29) is 11.5 Å². The maximum atomic E-state index is 13.5. The first kappa shape index (κ1) is 25.3. The van der Waals surface area contributed by atoms with Gasteiger partial charge in [-0.2, -0.15) is 0 Å². The number of nitrogens with zero attached hydrogens (tertiary/aromatic N) is 4. The van der Waals surface area contributed by atoms with Crippen LogP contribution in [0, 0.1) is 0 Å². The van der Waals surface area contributed by atoms with Gasteiger partial charge in [-0.05, 0) is 61.6 Å². The molecule has 0 unspecified atom stereocenters. The Hall–Kier alpha value is -3.37. The van der Waals surface area contributed by atoms with E-state index in [1.165, 1.54) is 16.2 Å². The highest BCUT2D eigenvalue weighted by atomic mass is 32.2. The number of fused-ring (bicyclic) bond motifs is 1. The summed E-state index contributed by atoms with van der Waals surface area (Å²) in [6, 6.07) is 11.2. The number of piperidine rings is 1. The van der Waals surface area contributed by atoms with Crippen LogP contribution in [0.15, 0.2) is 52.3 Å². The van der Waals surface area contributed by atoms with Crippen molar-refractivity contribution >= 4 is 51.7 Å². The summed E-state index contributed by atoms with van der Waals surface area (Å²) in [6.07, 6.45) is 7.24. The van der Waals surface area contributed by atoms with E-state index in [0.717, 1.165) is 37.9 Å². The van der Waals surface area contributed by atoms with Crippen molar-refractivity contribution < 1.29 is 14.3 Å². The number of thiocarbonyl (C=S) groups is 1. The van der Waals surface area contributed by atoms with E-state index in [1.807, 2.05) is 30.3 Å². The molecular weight excluding hydrogens is 508 g/mol. The second-order valence-corrected chi connectivity index (χ2v) is 10.6. The standard InChI is InChI=1S/C27H28N4O4S2/c1-34-20-10-9-18(16-21(20)35-2)11-15-31-26(33)22(37-27(31)36)17-19-24(29-12-5-3-6-13-29)28-23-8-4-7-14-30(23)25(19)32/h4,7-10,14,16-17H,3,5-6,11-13,15H2,1-2H3/b22-17-. The van der Waals surface area contributed by atoms with Crippen molar-refractivity contribution in [3.05, 3.63) is 69.0 Å². The zero-order chi connectivity index (χ0) is 25.9. The summed E-state index contributed by atoms with van der Waals surface area (Å²) in [7, 11) is 3.19. The number of methoxy groups -OCH3 is 2. The second kappa shape index (κ2) is 10.9. The fourth-order valence-corrected chi connectivity index (χ4v) is 5.96. The van der Waals surface area contributed by atoms with E-state index in [4.69, 9.17) is 26.7 Å². The lowest BCUT2D eigenvalue weighted by atomic mass is 10.1. The lowest BCUT2D eigenvalue weighted by Crippen LogP contribution is -2.33. The highest BCUT2D eigenvalue weighted by Gasteiger charge is 2.33. The molecule has 3 aromatic rings. The van der Waals surface area contributed by atoms with Crippen molar-refractivity contribution in [2.24, 2.45) is 0 Å². The van der Waals surface area contributed by atoms with E-state index in [2.05, 4.69) is 4.90 Å². The third-order valence-electron chi connectivity index (χ3n) is 6.63. The molecule has 0 aliphatic carbocycles. The number of benzene rings is 1. The maximum absolute atomic E-state index is 13.5. The Labute approximate surface area is 224 Å². The summed E-state index contributed by atoms with van der Waals surface area (Å²) >= 11 is 6.78. The average Bonchev–Trinajstić information content (AvgIpc) is 3.20. The van der Waals surface area contributed by atoms with E-state index in [1.54, 1.807) is 37.5 Å². The molecule has 2 aromatic heterocycles. The number of carbonyl (C=O) groups is 1. The summed E-state index contributed by atoms with van der Waals surface area (Å²) < 4.78 is 12.7. The topological polar surface area (TPSA) is 76.4 Å². The zero-order valence-corrected chi connectivity index (χ0v) is 22.4. The monoisotopic (exact) mass is 536 g/mol. The van der Waals surface area contributed by atoms with Gasteiger partial charge in [0.1, 0.15) is 15.8 Å². The van der Waals surface area contributed by atoms with Gasteiger partial charge >= 0.3 is 0 Å². The lowest BCUT2D eigenvalue weighted by Gasteiger charge is -2.29. The Morgan fingerprint density at radius 1 is 1.05 bits per heavy atom. The number of anilines is 1. The van der Waals surface area contributed by atoms with Gasteiger partial charge in [0.2, 0.25) is 0 Å². The van der Waals surface area contributed by atoms with Crippen molar-refractivity contribution in [3.63, 3.8) is 0 Å². The van der Waals surface area contributed by atoms with Gasteiger partial charge in [-0.15, -0.1) is 0 Å². The third kappa shape index (κ3) is 5.08. The molecule has 0 spiro atoms. The van der Waals surface area contributed by atoms with Gasteiger partial charge in [0, 0.05) is 25.8 Å². The molecule has 1 aromatic carbocycles. The van der Waals surface area contributed by atoms with E-state index in [9.17, 15) is 9.59 Å². The molecule has 37 heavy (non-hydrogen) atoms. The number of pyridine rings is 1. The molecule has 0 N–H and O–H groups in total. The van der Waals surface area contributed by atoms with E-state index >= 15 is 0 Å². The predicted octanol–water partition coefficient (Wildman–Crippen LogP) is 4.15. The number of carbonyl (C=O) groups excluding carboxylic acids is 1. The van der Waals surface area contributed by atoms with Crippen LogP contribution in [0.1, 0.15) is 30.4 Å². The fourth-order valence-electron chi connectivity index (χ4n) is 4.67. The summed E-state index contributed by atoms with van der Waals surface area (Å²) in [5, 5.41) is 0. The van der Waals surface area contributed by atoms with Gasteiger partial charge < -0.3 is 14.4 Å². The summed E-state index contributed by atoms with van der Waals surface area (Å²) in [5.74, 6) is 1.73. The Morgan fingerprint density at radius 3 is 2.59 bits per heavy atom. The fraction of sp³-hybridized carbons (Fsp3) is 0.333. The largest absolute Gasteiger partial charge is 0.493 e. The molecule has 10 heteroatoms. The normalized spacial score (nSPS) is 17.2. The number of thioether (sulfide) groups is 1. The van der Waals surface area contributed by atoms with Crippen LogP contribution in [0.2, 0.25) is 0 Å². The number of rotatable bonds is 7. The van der Waals surface area contributed by atoms with Crippen LogP contribution >= 0.6 is 24.0 Å². The molecular formula is C27H28N4O4S2. The van der Waals surface area contributed by atoms with Crippen molar-refractivity contribution in [1.29, 1.82) is 0 Å². The van der Waals surface area contributed by atoms with Gasteiger partial charge in [0.25, 0.3) is 11.5 Å². The smallest absolute Gasteiger partial charge is 0.267 e.